The number of likely N-dealkylation sites (tertiary alicyclic amines) is 1. The maximum Gasteiger partial charge on any atom is 0.253 e. The van der Waals surface area contributed by atoms with Crippen LogP contribution in [0.15, 0.2) is 42.7 Å². The van der Waals surface area contributed by atoms with Crippen LogP contribution in [0.2, 0.25) is 5.02 Å². The Hall–Kier alpha value is -2.86. The highest BCUT2D eigenvalue weighted by atomic mass is 35.5. The van der Waals surface area contributed by atoms with E-state index in [9.17, 15) is 4.79 Å². The minimum absolute atomic E-state index is 0.0408. The first-order valence-electron chi connectivity index (χ1n) is 9.52. The fourth-order valence-electron chi connectivity index (χ4n) is 3.86. The van der Waals surface area contributed by atoms with Crippen molar-refractivity contribution in [1.29, 1.82) is 0 Å². The third-order valence-corrected chi connectivity index (χ3v) is 5.68. The fourth-order valence-corrected chi connectivity index (χ4v) is 3.99. The van der Waals surface area contributed by atoms with Crippen molar-refractivity contribution in [2.75, 3.05) is 27.3 Å². The topological polar surface area (TPSA) is 64.6 Å². The summed E-state index contributed by atoms with van der Waals surface area (Å²) < 4.78 is 10.8. The molecule has 1 saturated heterocycles. The van der Waals surface area contributed by atoms with Crippen LogP contribution in [-0.4, -0.2) is 48.1 Å². The monoisotopic (exact) mass is 411 g/mol. The van der Waals surface area contributed by atoms with Gasteiger partial charge in [0.25, 0.3) is 5.91 Å². The van der Waals surface area contributed by atoms with Crippen molar-refractivity contribution in [2.45, 2.75) is 18.8 Å². The zero-order valence-electron chi connectivity index (χ0n) is 16.4. The Balaban J connectivity index is 1.54. The highest BCUT2D eigenvalue weighted by Gasteiger charge is 2.27. The third kappa shape index (κ3) is 3.85. The molecule has 150 valence electrons. The molecule has 0 unspecified atom stereocenters. The second-order valence-electron chi connectivity index (χ2n) is 7.06. The van der Waals surface area contributed by atoms with Crippen molar-refractivity contribution >= 4 is 28.4 Å². The van der Waals surface area contributed by atoms with Crippen LogP contribution in [0.3, 0.4) is 0 Å². The molecule has 7 heteroatoms. The number of hydrogen-bond donors (Lipinski definition) is 0. The van der Waals surface area contributed by atoms with Crippen LogP contribution in [0.25, 0.3) is 10.9 Å². The summed E-state index contributed by atoms with van der Waals surface area (Å²) >= 11 is 5.92. The van der Waals surface area contributed by atoms with E-state index in [1.807, 2.05) is 17.0 Å². The van der Waals surface area contributed by atoms with Crippen LogP contribution < -0.4 is 9.47 Å². The Kier molecular flexibility index (Phi) is 5.53. The van der Waals surface area contributed by atoms with Crippen molar-refractivity contribution in [3.8, 4) is 11.5 Å². The molecule has 1 aliphatic rings. The number of hydrogen-bond acceptors (Lipinski definition) is 5. The predicted octanol–water partition coefficient (Wildman–Crippen LogP) is 4.32. The van der Waals surface area contributed by atoms with E-state index in [0.717, 1.165) is 29.4 Å². The number of methoxy groups -OCH3 is 2. The number of nitrogens with zero attached hydrogens (tertiary/aromatic N) is 3. The normalized spacial score (nSPS) is 14.8. The van der Waals surface area contributed by atoms with E-state index in [0.29, 0.717) is 35.2 Å². The van der Waals surface area contributed by atoms with Crippen molar-refractivity contribution in [3.05, 3.63) is 59.0 Å². The second-order valence-corrected chi connectivity index (χ2v) is 7.49. The Morgan fingerprint density at radius 3 is 2.34 bits per heavy atom. The van der Waals surface area contributed by atoms with Crippen LogP contribution >= 0.6 is 11.6 Å². The number of piperidine rings is 1. The van der Waals surface area contributed by atoms with E-state index in [4.69, 9.17) is 21.1 Å². The number of rotatable bonds is 4. The molecular formula is C22H22ClN3O3. The molecule has 0 bridgehead atoms. The molecule has 1 fully saturated rings. The lowest BCUT2D eigenvalue weighted by molar-refractivity contribution is 0.0712. The molecule has 1 amide bonds. The van der Waals surface area contributed by atoms with E-state index in [1.54, 1.807) is 44.8 Å². The van der Waals surface area contributed by atoms with Crippen LogP contribution in [-0.2, 0) is 0 Å². The number of aromatic nitrogens is 2. The number of benzene rings is 2. The Labute approximate surface area is 174 Å². The highest BCUT2D eigenvalue weighted by molar-refractivity contribution is 6.30. The lowest BCUT2D eigenvalue weighted by Crippen LogP contribution is -2.38. The van der Waals surface area contributed by atoms with Crippen molar-refractivity contribution in [2.24, 2.45) is 0 Å². The SMILES string of the molecule is COc1cc2ncnc(C3CCN(C(=O)c4ccc(Cl)cc4)CC3)c2cc1OC. The summed E-state index contributed by atoms with van der Waals surface area (Å²) in [7, 11) is 3.23. The zero-order chi connectivity index (χ0) is 20.4. The molecule has 1 aromatic heterocycles. The summed E-state index contributed by atoms with van der Waals surface area (Å²) in [5, 5.41) is 1.59. The second kappa shape index (κ2) is 8.25. The smallest absolute Gasteiger partial charge is 0.253 e. The first-order chi connectivity index (χ1) is 14.1. The Bertz CT molecular complexity index is 1030. The van der Waals surface area contributed by atoms with Gasteiger partial charge in [-0.15, -0.1) is 0 Å². The van der Waals surface area contributed by atoms with Gasteiger partial charge in [-0.2, -0.15) is 0 Å². The van der Waals surface area contributed by atoms with Gasteiger partial charge in [0.2, 0.25) is 0 Å². The van der Waals surface area contributed by atoms with Gasteiger partial charge in [-0.3, -0.25) is 4.79 Å². The number of halogens is 1. The largest absolute Gasteiger partial charge is 0.493 e. The summed E-state index contributed by atoms with van der Waals surface area (Å²) in [4.78, 5) is 23.6. The van der Waals surface area contributed by atoms with Crippen LogP contribution in [0, 0.1) is 0 Å². The molecule has 0 radical (unpaired) electrons. The average molecular weight is 412 g/mol. The lowest BCUT2D eigenvalue weighted by Gasteiger charge is -2.32. The molecule has 2 heterocycles. The minimum Gasteiger partial charge on any atom is -0.493 e. The van der Waals surface area contributed by atoms with E-state index in [2.05, 4.69) is 9.97 Å². The molecular weight excluding hydrogens is 390 g/mol. The predicted molar refractivity (Wildman–Crippen MR) is 112 cm³/mol. The highest BCUT2D eigenvalue weighted by Crippen LogP contribution is 2.36. The van der Waals surface area contributed by atoms with E-state index >= 15 is 0 Å². The first-order valence-corrected chi connectivity index (χ1v) is 9.90. The summed E-state index contributed by atoms with van der Waals surface area (Å²) in [6, 6.07) is 10.8. The number of fused-ring (bicyclic) bond motifs is 1. The molecule has 1 aliphatic heterocycles. The van der Waals surface area contributed by atoms with Crippen LogP contribution in [0.5, 0.6) is 11.5 Å². The van der Waals surface area contributed by atoms with Crippen LogP contribution in [0.1, 0.15) is 34.8 Å². The third-order valence-electron chi connectivity index (χ3n) is 5.43. The van der Waals surface area contributed by atoms with Crippen molar-refractivity contribution in [3.63, 3.8) is 0 Å². The summed E-state index contributed by atoms with van der Waals surface area (Å²) in [6.07, 6.45) is 3.29. The summed E-state index contributed by atoms with van der Waals surface area (Å²) in [5.74, 6) is 1.60. The molecule has 4 rings (SSSR count). The van der Waals surface area contributed by atoms with Gasteiger partial charge in [-0.05, 0) is 43.2 Å². The number of carbonyl (C=O) groups is 1. The molecule has 0 spiro atoms. The Morgan fingerprint density at radius 2 is 1.69 bits per heavy atom. The first kappa shape index (κ1) is 19.5. The van der Waals surface area contributed by atoms with Gasteiger partial charge in [-0.1, -0.05) is 11.6 Å². The maximum atomic E-state index is 12.7. The average Bonchev–Trinajstić information content (AvgIpc) is 2.77. The summed E-state index contributed by atoms with van der Waals surface area (Å²) in [6.45, 7) is 1.37. The standard InChI is InChI=1S/C22H22ClN3O3/c1-28-19-11-17-18(12-20(19)29-2)24-13-25-21(17)14-7-9-26(10-8-14)22(27)15-3-5-16(23)6-4-15/h3-6,11-14H,7-10H2,1-2H3. The summed E-state index contributed by atoms with van der Waals surface area (Å²) in [5.41, 5.74) is 2.49. The fraction of sp³-hybridized carbons (Fsp3) is 0.318. The molecule has 2 aromatic carbocycles. The van der Waals surface area contributed by atoms with Crippen molar-refractivity contribution < 1.29 is 14.3 Å². The molecule has 0 saturated carbocycles. The van der Waals surface area contributed by atoms with Gasteiger partial charge in [0.15, 0.2) is 11.5 Å². The minimum atomic E-state index is 0.0408. The number of carbonyl (C=O) groups excluding carboxylic acids is 1. The van der Waals surface area contributed by atoms with Gasteiger partial charge in [0.05, 0.1) is 25.4 Å². The van der Waals surface area contributed by atoms with Crippen LogP contribution in [0.4, 0.5) is 0 Å². The van der Waals surface area contributed by atoms with Gasteiger partial charge in [-0.25, -0.2) is 9.97 Å². The molecule has 0 atom stereocenters. The van der Waals surface area contributed by atoms with Gasteiger partial charge in [0.1, 0.15) is 6.33 Å². The maximum absolute atomic E-state index is 12.7. The lowest BCUT2D eigenvalue weighted by atomic mass is 9.90. The Morgan fingerprint density at radius 1 is 1.03 bits per heavy atom. The number of ether oxygens (including phenoxy) is 2. The van der Waals surface area contributed by atoms with E-state index in [1.165, 1.54) is 0 Å². The van der Waals surface area contributed by atoms with Gasteiger partial charge < -0.3 is 14.4 Å². The number of amides is 1. The molecule has 0 aliphatic carbocycles. The quantitative estimate of drug-likeness (QED) is 0.639. The van der Waals surface area contributed by atoms with E-state index in [-0.39, 0.29) is 11.8 Å². The zero-order valence-corrected chi connectivity index (χ0v) is 17.1. The van der Waals surface area contributed by atoms with Gasteiger partial charge in [0, 0.05) is 41.0 Å². The van der Waals surface area contributed by atoms with Crippen molar-refractivity contribution in [1.82, 2.24) is 14.9 Å². The molecule has 0 N–H and O–H groups in total. The van der Waals surface area contributed by atoms with E-state index < -0.39 is 0 Å². The molecule has 3 aromatic rings. The molecule has 29 heavy (non-hydrogen) atoms. The molecule has 6 nitrogen and oxygen atoms in total. The van der Waals surface area contributed by atoms with Gasteiger partial charge >= 0.3 is 0 Å².